The molecule has 0 radical (unpaired) electrons. The molecule has 0 saturated carbocycles. The van der Waals surface area contributed by atoms with Gasteiger partial charge in [-0.05, 0) is 79.0 Å². The number of nitrogens with zero attached hydrogens (tertiary/aromatic N) is 1. The van der Waals surface area contributed by atoms with E-state index in [1.54, 1.807) is 66.7 Å². The van der Waals surface area contributed by atoms with Gasteiger partial charge < -0.3 is 31.4 Å². The van der Waals surface area contributed by atoms with Gasteiger partial charge in [0.15, 0.2) is 6.10 Å². The van der Waals surface area contributed by atoms with E-state index in [2.05, 4.69) is 4.99 Å². The Hall–Kier alpha value is -2.65. The van der Waals surface area contributed by atoms with E-state index in [1.165, 1.54) is 0 Å². The number of hydrogen-bond donors (Lipinski definition) is 3. The van der Waals surface area contributed by atoms with Crippen LogP contribution in [0.1, 0.15) is 66.9 Å². The highest BCUT2D eigenvalue weighted by Crippen LogP contribution is 2.37. The molecule has 1 aliphatic heterocycles. The van der Waals surface area contributed by atoms with Crippen molar-refractivity contribution >= 4 is 23.5 Å². The summed E-state index contributed by atoms with van der Waals surface area (Å²) < 4.78 is 16.7. The molecule has 2 rings (SSSR count). The van der Waals surface area contributed by atoms with Gasteiger partial charge in [-0.2, -0.15) is 0 Å². The molecule has 6 N–H and O–H groups in total. The van der Waals surface area contributed by atoms with Crippen molar-refractivity contribution < 1.29 is 23.8 Å². The Labute approximate surface area is 189 Å². The highest BCUT2D eigenvalue weighted by atomic mass is 16.6. The fourth-order valence-electron chi connectivity index (χ4n) is 3.07. The van der Waals surface area contributed by atoms with E-state index in [1.807, 2.05) is 0 Å². The number of hydrogen-bond acceptors (Lipinski definition) is 9. The summed E-state index contributed by atoms with van der Waals surface area (Å²) in [5, 5.41) is 0. The molecular formula is C23H36N4O5. The average molecular weight is 449 g/mol. The third kappa shape index (κ3) is 6.43. The summed E-state index contributed by atoms with van der Waals surface area (Å²) in [6.45, 7) is 12.3. The second-order valence-electron chi connectivity index (χ2n) is 10.1. The molecule has 3 atom stereocenters. The number of esters is 2. The summed E-state index contributed by atoms with van der Waals surface area (Å²) in [6, 6.07) is 4.08. The first kappa shape index (κ1) is 25.6. The Morgan fingerprint density at radius 3 is 2.28 bits per heavy atom. The lowest BCUT2D eigenvalue weighted by Gasteiger charge is -2.33. The first-order valence-corrected chi connectivity index (χ1v) is 10.7. The van der Waals surface area contributed by atoms with Crippen LogP contribution in [0.4, 0.5) is 5.69 Å². The molecule has 32 heavy (non-hydrogen) atoms. The van der Waals surface area contributed by atoms with Crippen molar-refractivity contribution in [2.24, 2.45) is 22.2 Å². The van der Waals surface area contributed by atoms with E-state index in [4.69, 9.17) is 31.4 Å². The number of nitrogens with two attached hydrogens (primary N) is 3. The molecule has 178 valence electrons. The number of fused-ring (bicyclic) bond motifs is 1. The van der Waals surface area contributed by atoms with Crippen LogP contribution in [0.25, 0.3) is 0 Å². The second-order valence-corrected chi connectivity index (χ2v) is 10.1. The molecule has 0 aromatic heterocycles. The van der Waals surface area contributed by atoms with Crippen molar-refractivity contribution in [3.8, 4) is 5.75 Å². The minimum absolute atomic E-state index is 0.0531. The molecule has 0 aliphatic carbocycles. The molecule has 1 heterocycles. The van der Waals surface area contributed by atoms with E-state index < -0.39 is 34.7 Å². The van der Waals surface area contributed by atoms with Gasteiger partial charge in [0.05, 0.1) is 0 Å². The zero-order valence-corrected chi connectivity index (χ0v) is 20.0. The van der Waals surface area contributed by atoms with E-state index in [9.17, 15) is 9.59 Å². The zero-order valence-electron chi connectivity index (χ0n) is 20.0. The summed E-state index contributed by atoms with van der Waals surface area (Å²) in [5.74, 6) is -0.341. The van der Waals surface area contributed by atoms with Crippen LogP contribution in [-0.4, -0.2) is 41.1 Å². The Bertz CT molecular complexity index is 901. The second kappa shape index (κ2) is 9.07. The Morgan fingerprint density at radius 2 is 1.72 bits per heavy atom. The predicted octanol–water partition coefficient (Wildman–Crippen LogP) is 2.40. The van der Waals surface area contributed by atoms with Crippen LogP contribution in [0, 0.1) is 0 Å². The lowest BCUT2D eigenvalue weighted by Crippen LogP contribution is -2.50. The van der Waals surface area contributed by atoms with Gasteiger partial charge >= 0.3 is 11.9 Å². The molecule has 9 nitrogen and oxygen atoms in total. The van der Waals surface area contributed by atoms with Crippen LogP contribution >= 0.6 is 0 Å². The van der Waals surface area contributed by atoms with Crippen molar-refractivity contribution in [3.05, 3.63) is 23.8 Å². The lowest BCUT2D eigenvalue weighted by molar-refractivity contribution is -0.164. The van der Waals surface area contributed by atoms with Crippen LogP contribution in [0.2, 0.25) is 0 Å². The first-order valence-electron chi connectivity index (χ1n) is 10.7. The van der Waals surface area contributed by atoms with Crippen LogP contribution in [0.5, 0.6) is 5.75 Å². The quantitative estimate of drug-likeness (QED) is 0.561. The van der Waals surface area contributed by atoms with E-state index in [0.717, 1.165) is 0 Å². The Kier molecular flexibility index (Phi) is 7.26. The van der Waals surface area contributed by atoms with Gasteiger partial charge in [-0.1, -0.05) is 6.07 Å². The van der Waals surface area contributed by atoms with E-state index >= 15 is 0 Å². The molecule has 9 heteroatoms. The number of carbonyl (C=O) groups is 2. The molecule has 0 amide bonds. The lowest BCUT2D eigenvalue weighted by atomic mass is 9.84. The maximum Gasteiger partial charge on any atom is 0.331 e. The topological polar surface area (TPSA) is 152 Å². The average Bonchev–Trinajstić information content (AvgIpc) is 2.63. The molecule has 0 spiro atoms. The summed E-state index contributed by atoms with van der Waals surface area (Å²) >= 11 is 0. The standard InChI is InChI=1S/C23H36N4O5/c1-13-18(25)27-16-12-14(8-9-17(16)30-13)23(26,20(29)32-22(5,6)7)11-10-15(24)19(28)31-21(2,3)4/h8-9,12-13,15H,10-11,24,26H2,1-7H3,(H2,25,27). The van der Waals surface area contributed by atoms with E-state index in [-0.39, 0.29) is 18.9 Å². The zero-order chi connectivity index (χ0) is 24.5. The van der Waals surface area contributed by atoms with Crippen molar-refractivity contribution in [3.63, 3.8) is 0 Å². The summed E-state index contributed by atoms with van der Waals surface area (Å²) in [5.41, 5.74) is 16.5. The molecule has 0 fully saturated rings. The molecule has 0 saturated heterocycles. The summed E-state index contributed by atoms with van der Waals surface area (Å²) in [6.07, 6.45) is -0.188. The number of aliphatic imine (C=N–C) groups is 1. The predicted molar refractivity (Wildman–Crippen MR) is 123 cm³/mol. The van der Waals surface area contributed by atoms with Crippen LogP contribution in [0.15, 0.2) is 23.2 Å². The van der Waals surface area contributed by atoms with Gasteiger partial charge in [-0.3, -0.25) is 4.79 Å². The van der Waals surface area contributed by atoms with Gasteiger partial charge in [-0.25, -0.2) is 9.79 Å². The van der Waals surface area contributed by atoms with Gasteiger partial charge in [0, 0.05) is 0 Å². The Morgan fingerprint density at radius 1 is 1.12 bits per heavy atom. The minimum atomic E-state index is -1.57. The molecule has 3 unspecified atom stereocenters. The third-order valence-electron chi connectivity index (χ3n) is 4.77. The number of carbonyl (C=O) groups excluding carboxylic acids is 2. The van der Waals surface area contributed by atoms with Crippen LogP contribution in [0.3, 0.4) is 0 Å². The minimum Gasteiger partial charge on any atom is -0.481 e. The first-order chi connectivity index (χ1) is 14.5. The summed E-state index contributed by atoms with van der Waals surface area (Å²) in [7, 11) is 0. The third-order valence-corrected chi connectivity index (χ3v) is 4.77. The van der Waals surface area contributed by atoms with Crippen molar-refractivity contribution in [1.29, 1.82) is 0 Å². The highest BCUT2D eigenvalue weighted by molar-refractivity contribution is 5.90. The molecular weight excluding hydrogens is 412 g/mol. The fraction of sp³-hybridized carbons (Fsp3) is 0.609. The van der Waals surface area contributed by atoms with Crippen molar-refractivity contribution in [2.75, 3.05) is 0 Å². The van der Waals surface area contributed by atoms with Gasteiger partial charge in [0.1, 0.15) is 40.1 Å². The Balaban J connectivity index is 2.36. The number of amidine groups is 1. The largest absolute Gasteiger partial charge is 0.481 e. The van der Waals surface area contributed by atoms with E-state index in [0.29, 0.717) is 22.8 Å². The van der Waals surface area contributed by atoms with Gasteiger partial charge in [0.2, 0.25) is 0 Å². The maximum absolute atomic E-state index is 13.2. The van der Waals surface area contributed by atoms with Crippen LogP contribution in [-0.2, 0) is 24.6 Å². The van der Waals surface area contributed by atoms with Gasteiger partial charge in [-0.15, -0.1) is 0 Å². The van der Waals surface area contributed by atoms with Crippen molar-refractivity contribution in [2.45, 2.75) is 90.2 Å². The fourth-order valence-corrected chi connectivity index (χ4v) is 3.07. The smallest absolute Gasteiger partial charge is 0.331 e. The number of benzene rings is 1. The highest BCUT2D eigenvalue weighted by Gasteiger charge is 2.41. The number of rotatable bonds is 6. The number of ether oxygens (including phenoxy) is 3. The SMILES string of the molecule is CC1Oc2ccc(C(N)(CCC(N)C(=O)OC(C)(C)C)C(=O)OC(C)(C)C)cc2N=C1N. The molecule has 0 bridgehead atoms. The summed E-state index contributed by atoms with van der Waals surface area (Å²) in [4.78, 5) is 29.9. The molecule has 1 aromatic carbocycles. The molecule has 1 aliphatic rings. The van der Waals surface area contributed by atoms with Crippen molar-refractivity contribution in [1.82, 2.24) is 0 Å². The maximum atomic E-state index is 13.2. The van der Waals surface area contributed by atoms with Gasteiger partial charge in [0.25, 0.3) is 0 Å². The van der Waals surface area contributed by atoms with Crippen LogP contribution < -0.4 is 21.9 Å². The monoisotopic (exact) mass is 448 g/mol. The molecule has 1 aromatic rings. The normalized spacial score (nSPS) is 19.0.